The smallest absolute Gasteiger partial charge is 0.0993 e. The standard InChI is InChI=1S/C66H50N4/c1-40-7-15-47(16-8-40)51-23-27-56-57-28-24-52(48-17-9-41(2)10-18-48)36-61(57)69(60(56)35-51)64-33-46(39-67)34-65(66(64)55-31-44(5)68-45(6)32-55)70-62-37-53(49-19-11-42(3)12-20-49)25-29-58(62)59-30-26-54(38-63(59)70)50-21-13-43(4)14-22-50/h7-38H,1-6H3. The molecule has 0 atom stereocenters. The van der Waals surface area contributed by atoms with E-state index in [0.717, 1.165) is 122 Å². The van der Waals surface area contributed by atoms with E-state index in [1.165, 1.54) is 22.3 Å². The van der Waals surface area contributed by atoms with Gasteiger partial charge >= 0.3 is 0 Å². The summed E-state index contributed by atoms with van der Waals surface area (Å²) in [5.41, 5.74) is 24.5. The lowest BCUT2D eigenvalue weighted by Gasteiger charge is -2.22. The van der Waals surface area contributed by atoms with Crippen LogP contribution in [-0.4, -0.2) is 14.1 Å². The van der Waals surface area contributed by atoms with Crippen LogP contribution in [0.3, 0.4) is 0 Å². The maximum absolute atomic E-state index is 11.3. The fraction of sp³-hybridized carbons (Fsp3) is 0.0909. The molecule has 70 heavy (non-hydrogen) atoms. The van der Waals surface area contributed by atoms with Gasteiger partial charge in [-0.25, -0.2) is 0 Å². The van der Waals surface area contributed by atoms with E-state index in [1.54, 1.807) is 0 Å². The maximum atomic E-state index is 11.3. The molecule has 3 aromatic heterocycles. The Hall–Kier alpha value is -8.78. The van der Waals surface area contributed by atoms with Crippen molar-refractivity contribution in [2.75, 3.05) is 0 Å². The SMILES string of the molecule is Cc1ccc(-c2ccc3c4ccc(-c5ccc(C)cc5)cc4n(-c4cc(C#N)cc(-n5c6cc(-c7ccc(C)cc7)ccc6c6ccc(-c7ccc(C)cc7)cc65)c4-c4cc(C)nc(C)c4)c3c2)cc1. The number of aryl methyl sites for hydroxylation is 6. The van der Waals surface area contributed by atoms with E-state index in [4.69, 9.17) is 4.98 Å². The zero-order valence-corrected chi connectivity index (χ0v) is 40.3. The molecule has 9 aromatic carbocycles. The van der Waals surface area contributed by atoms with Gasteiger partial charge in [-0.2, -0.15) is 5.26 Å². The lowest BCUT2D eigenvalue weighted by molar-refractivity contribution is 1.11. The molecule has 12 rings (SSSR count). The van der Waals surface area contributed by atoms with Crippen molar-refractivity contribution < 1.29 is 0 Å². The van der Waals surface area contributed by atoms with Gasteiger partial charge in [-0.3, -0.25) is 4.98 Å². The lowest BCUT2D eigenvalue weighted by atomic mass is 9.97. The van der Waals surface area contributed by atoms with Gasteiger partial charge in [0, 0.05) is 38.5 Å². The van der Waals surface area contributed by atoms with Gasteiger partial charge in [0.1, 0.15) is 0 Å². The first-order valence-corrected chi connectivity index (χ1v) is 24.1. The quantitative estimate of drug-likeness (QED) is 0.160. The van der Waals surface area contributed by atoms with Crippen molar-refractivity contribution in [1.82, 2.24) is 14.1 Å². The molecule has 0 N–H and O–H groups in total. The summed E-state index contributed by atoms with van der Waals surface area (Å²) in [6.45, 7) is 12.7. The van der Waals surface area contributed by atoms with Crippen LogP contribution in [0.4, 0.5) is 0 Å². The van der Waals surface area contributed by atoms with Crippen LogP contribution in [0.1, 0.15) is 39.2 Å². The molecule has 4 nitrogen and oxygen atoms in total. The molecular formula is C66H50N4. The van der Waals surface area contributed by atoms with Gasteiger partial charge in [0.05, 0.1) is 45.1 Å². The van der Waals surface area contributed by atoms with Gasteiger partial charge in [0.25, 0.3) is 0 Å². The van der Waals surface area contributed by atoms with Crippen LogP contribution in [0.25, 0.3) is 111 Å². The average molecular weight is 899 g/mol. The van der Waals surface area contributed by atoms with Gasteiger partial charge in [-0.15, -0.1) is 0 Å². The molecule has 0 saturated heterocycles. The second kappa shape index (κ2) is 16.8. The summed E-state index contributed by atoms with van der Waals surface area (Å²) < 4.78 is 4.85. The third-order valence-electron chi connectivity index (χ3n) is 14.2. The summed E-state index contributed by atoms with van der Waals surface area (Å²) in [5.74, 6) is 0. The molecule has 0 bridgehead atoms. The van der Waals surface area contributed by atoms with Crippen molar-refractivity contribution in [3.05, 3.63) is 233 Å². The number of aromatic nitrogens is 3. The summed E-state index contributed by atoms with van der Waals surface area (Å²) in [6.07, 6.45) is 0. The molecule has 0 aliphatic heterocycles. The van der Waals surface area contributed by atoms with E-state index < -0.39 is 0 Å². The molecule has 12 aromatic rings. The van der Waals surface area contributed by atoms with E-state index in [-0.39, 0.29) is 0 Å². The summed E-state index contributed by atoms with van der Waals surface area (Å²) in [7, 11) is 0. The minimum Gasteiger partial charge on any atom is -0.308 e. The third kappa shape index (κ3) is 7.35. The molecule has 0 spiro atoms. The highest BCUT2D eigenvalue weighted by Crippen LogP contribution is 2.45. The average Bonchev–Trinajstić information content (AvgIpc) is 3.87. The minimum atomic E-state index is 0.565. The summed E-state index contributed by atoms with van der Waals surface area (Å²) in [4.78, 5) is 4.92. The topological polar surface area (TPSA) is 46.5 Å². The van der Waals surface area contributed by atoms with Crippen LogP contribution in [0.15, 0.2) is 194 Å². The van der Waals surface area contributed by atoms with Gasteiger partial charge in [-0.1, -0.05) is 168 Å². The normalized spacial score (nSPS) is 11.6. The predicted molar refractivity (Wildman–Crippen MR) is 293 cm³/mol. The van der Waals surface area contributed by atoms with Crippen molar-refractivity contribution in [2.45, 2.75) is 41.5 Å². The fourth-order valence-corrected chi connectivity index (χ4v) is 10.6. The molecular weight excluding hydrogens is 849 g/mol. The summed E-state index contributed by atoms with van der Waals surface area (Å²) >= 11 is 0. The number of benzene rings is 9. The van der Waals surface area contributed by atoms with E-state index in [1.807, 2.05) is 0 Å². The van der Waals surface area contributed by atoms with Crippen molar-refractivity contribution in [2.24, 2.45) is 0 Å². The van der Waals surface area contributed by atoms with E-state index in [0.29, 0.717) is 5.56 Å². The van der Waals surface area contributed by atoms with Crippen molar-refractivity contribution >= 4 is 43.6 Å². The van der Waals surface area contributed by atoms with Gasteiger partial charge in [0.15, 0.2) is 0 Å². The second-order valence-corrected chi connectivity index (χ2v) is 19.2. The zero-order chi connectivity index (χ0) is 47.8. The van der Waals surface area contributed by atoms with Crippen molar-refractivity contribution in [1.29, 1.82) is 5.26 Å². The largest absolute Gasteiger partial charge is 0.308 e. The van der Waals surface area contributed by atoms with Crippen LogP contribution in [-0.2, 0) is 0 Å². The highest BCUT2D eigenvalue weighted by molar-refractivity contribution is 6.14. The van der Waals surface area contributed by atoms with Crippen molar-refractivity contribution in [3.63, 3.8) is 0 Å². The molecule has 3 heterocycles. The van der Waals surface area contributed by atoms with Crippen LogP contribution in [0, 0.1) is 52.9 Å². The Morgan fingerprint density at radius 1 is 0.314 bits per heavy atom. The van der Waals surface area contributed by atoms with Crippen LogP contribution in [0.2, 0.25) is 0 Å². The molecule has 0 radical (unpaired) electrons. The Bertz CT molecular complexity index is 3620. The highest BCUT2D eigenvalue weighted by Gasteiger charge is 2.25. The number of pyridine rings is 1. The number of rotatable bonds is 7. The second-order valence-electron chi connectivity index (χ2n) is 19.2. The van der Waals surface area contributed by atoms with Crippen LogP contribution >= 0.6 is 0 Å². The Kier molecular flexibility index (Phi) is 10.2. The first-order chi connectivity index (χ1) is 34.1. The summed E-state index contributed by atoms with van der Waals surface area (Å²) in [6, 6.07) is 73.8. The molecule has 334 valence electrons. The molecule has 4 heteroatoms. The Labute approximate surface area is 409 Å². The van der Waals surface area contributed by atoms with E-state index in [2.05, 4.69) is 251 Å². The predicted octanol–water partition coefficient (Wildman–Crippen LogP) is 17.3. The molecule has 0 aliphatic carbocycles. The van der Waals surface area contributed by atoms with E-state index >= 15 is 0 Å². The Morgan fingerprint density at radius 3 is 0.857 bits per heavy atom. The number of nitriles is 1. The maximum Gasteiger partial charge on any atom is 0.0993 e. The Morgan fingerprint density at radius 2 is 0.586 bits per heavy atom. The first kappa shape index (κ1) is 42.6. The third-order valence-corrected chi connectivity index (χ3v) is 14.2. The molecule has 0 aliphatic rings. The molecule has 0 saturated carbocycles. The van der Waals surface area contributed by atoms with Gasteiger partial charge in [-0.05, 0) is 140 Å². The van der Waals surface area contributed by atoms with Crippen LogP contribution in [0.5, 0.6) is 0 Å². The monoisotopic (exact) mass is 898 g/mol. The van der Waals surface area contributed by atoms with Gasteiger partial charge in [0.2, 0.25) is 0 Å². The molecule has 0 fully saturated rings. The summed E-state index contributed by atoms with van der Waals surface area (Å²) in [5, 5.41) is 15.8. The number of nitrogens with zero attached hydrogens (tertiary/aromatic N) is 4. The van der Waals surface area contributed by atoms with Crippen LogP contribution < -0.4 is 0 Å². The minimum absolute atomic E-state index is 0.565. The lowest BCUT2D eigenvalue weighted by Crippen LogP contribution is -2.06. The molecule has 0 amide bonds. The number of hydrogen-bond acceptors (Lipinski definition) is 2. The van der Waals surface area contributed by atoms with Crippen molar-refractivity contribution in [3.8, 4) is 73.1 Å². The van der Waals surface area contributed by atoms with Gasteiger partial charge < -0.3 is 9.13 Å². The fourth-order valence-electron chi connectivity index (χ4n) is 10.6. The zero-order valence-electron chi connectivity index (χ0n) is 40.3. The number of fused-ring (bicyclic) bond motifs is 6. The molecule has 0 unspecified atom stereocenters. The first-order valence-electron chi connectivity index (χ1n) is 24.1. The highest BCUT2D eigenvalue weighted by atomic mass is 15.0. The number of hydrogen-bond donors (Lipinski definition) is 0. The Balaban J connectivity index is 1.25. The van der Waals surface area contributed by atoms with E-state index in [9.17, 15) is 5.26 Å².